The predicted molar refractivity (Wildman–Crippen MR) is 72.1 cm³/mol. The Labute approximate surface area is 120 Å². The van der Waals surface area contributed by atoms with Crippen molar-refractivity contribution in [1.29, 1.82) is 5.26 Å². The van der Waals surface area contributed by atoms with E-state index < -0.39 is 23.4 Å². The molecule has 21 heavy (non-hydrogen) atoms. The maximum Gasteiger partial charge on any atom is 0.329 e. The van der Waals surface area contributed by atoms with Gasteiger partial charge in [-0.05, 0) is 31.0 Å². The molecule has 7 heteroatoms. The highest BCUT2D eigenvalue weighted by Gasteiger charge is 2.42. The van der Waals surface area contributed by atoms with Gasteiger partial charge in [-0.15, -0.1) is 0 Å². The minimum Gasteiger partial charge on any atom is -0.480 e. The summed E-state index contributed by atoms with van der Waals surface area (Å²) >= 11 is 0. The lowest BCUT2D eigenvalue weighted by Crippen LogP contribution is -2.53. The average Bonchev–Trinajstić information content (AvgIpc) is 2.90. The Morgan fingerprint density at radius 1 is 1.33 bits per heavy atom. The number of nitrogens with one attached hydrogen (secondary N) is 2. The Balaban J connectivity index is 2.08. The van der Waals surface area contributed by atoms with Crippen molar-refractivity contribution in [2.45, 2.75) is 31.2 Å². The van der Waals surface area contributed by atoms with E-state index in [0.717, 1.165) is 18.9 Å². The van der Waals surface area contributed by atoms with Crippen LogP contribution in [0.2, 0.25) is 0 Å². The number of anilines is 1. The molecule has 1 aliphatic rings. The number of aliphatic carboxylic acids is 1. The highest BCUT2D eigenvalue weighted by molar-refractivity contribution is 5.94. The van der Waals surface area contributed by atoms with Crippen molar-refractivity contribution in [3.8, 4) is 6.07 Å². The maximum absolute atomic E-state index is 13.7. The number of nitriles is 1. The zero-order chi connectivity index (χ0) is 15.5. The van der Waals surface area contributed by atoms with Crippen LogP contribution in [0.3, 0.4) is 0 Å². The Kier molecular flexibility index (Phi) is 4.08. The number of nitrogens with zero attached hydrogens (tertiary/aromatic N) is 1. The summed E-state index contributed by atoms with van der Waals surface area (Å²) in [6.45, 7) is 0. The first-order valence-corrected chi connectivity index (χ1v) is 6.49. The van der Waals surface area contributed by atoms with Gasteiger partial charge in [-0.2, -0.15) is 5.26 Å². The fraction of sp³-hybridized carbons (Fsp3) is 0.357. The van der Waals surface area contributed by atoms with Crippen LogP contribution in [0.4, 0.5) is 14.9 Å². The van der Waals surface area contributed by atoms with Gasteiger partial charge in [0.25, 0.3) is 0 Å². The number of hydrogen-bond acceptors (Lipinski definition) is 3. The summed E-state index contributed by atoms with van der Waals surface area (Å²) in [5.74, 6) is -1.84. The van der Waals surface area contributed by atoms with Crippen LogP contribution in [-0.4, -0.2) is 22.6 Å². The Bertz CT molecular complexity index is 618. The first-order chi connectivity index (χ1) is 9.97. The normalized spacial score (nSPS) is 16.0. The molecule has 0 radical (unpaired) electrons. The molecule has 2 rings (SSSR count). The molecule has 0 aromatic heterocycles. The van der Waals surface area contributed by atoms with E-state index in [-0.39, 0.29) is 11.3 Å². The molecule has 1 aromatic rings. The molecule has 2 amide bonds. The molecule has 0 heterocycles. The van der Waals surface area contributed by atoms with Gasteiger partial charge >= 0.3 is 12.0 Å². The van der Waals surface area contributed by atoms with Gasteiger partial charge in [0, 0.05) is 0 Å². The molecule has 3 N–H and O–H groups in total. The Morgan fingerprint density at radius 2 is 2.00 bits per heavy atom. The minimum atomic E-state index is -1.28. The molecule has 6 nitrogen and oxygen atoms in total. The standard InChI is InChI=1S/C14H14FN3O3/c15-10-7-9(8-16)3-4-11(10)17-13(21)18-14(12(19)20)5-1-2-6-14/h3-4,7H,1-2,5-6H2,(H,19,20)(H2,17,18,21). The van der Waals surface area contributed by atoms with E-state index >= 15 is 0 Å². The zero-order valence-electron chi connectivity index (χ0n) is 11.1. The second-order valence-corrected chi connectivity index (χ2v) is 4.98. The summed E-state index contributed by atoms with van der Waals surface area (Å²) in [4.78, 5) is 23.2. The molecule has 0 spiro atoms. The van der Waals surface area contributed by atoms with E-state index in [1.54, 1.807) is 6.07 Å². The zero-order valence-corrected chi connectivity index (χ0v) is 11.1. The number of halogens is 1. The van der Waals surface area contributed by atoms with Gasteiger partial charge in [-0.3, -0.25) is 0 Å². The van der Waals surface area contributed by atoms with Gasteiger partial charge in [0.2, 0.25) is 0 Å². The van der Waals surface area contributed by atoms with Gasteiger partial charge < -0.3 is 15.7 Å². The van der Waals surface area contributed by atoms with Gasteiger partial charge in [0.05, 0.1) is 17.3 Å². The first kappa shape index (κ1) is 14.8. The molecular formula is C14H14FN3O3. The predicted octanol–water partition coefficient (Wildman–Crippen LogP) is 2.22. The molecule has 0 unspecified atom stereocenters. The first-order valence-electron chi connectivity index (χ1n) is 6.49. The molecule has 1 aliphatic carbocycles. The van der Waals surface area contributed by atoms with Crippen LogP contribution in [0.15, 0.2) is 18.2 Å². The number of carbonyl (C=O) groups is 2. The van der Waals surface area contributed by atoms with Gasteiger partial charge in [-0.25, -0.2) is 14.0 Å². The number of carboxylic acids is 1. The fourth-order valence-electron chi connectivity index (χ4n) is 2.43. The molecular weight excluding hydrogens is 277 g/mol. The number of carbonyl (C=O) groups excluding carboxylic acids is 1. The lowest BCUT2D eigenvalue weighted by atomic mass is 9.98. The molecule has 1 aromatic carbocycles. The number of rotatable bonds is 3. The second-order valence-electron chi connectivity index (χ2n) is 4.98. The van der Waals surface area contributed by atoms with Crippen LogP contribution < -0.4 is 10.6 Å². The molecule has 1 fully saturated rings. The highest BCUT2D eigenvalue weighted by atomic mass is 19.1. The van der Waals surface area contributed by atoms with E-state index in [1.807, 2.05) is 0 Å². The topological polar surface area (TPSA) is 102 Å². The van der Waals surface area contributed by atoms with E-state index in [9.17, 15) is 19.1 Å². The molecule has 0 aliphatic heterocycles. The van der Waals surface area contributed by atoms with Gasteiger partial charge in [0.1, 0.15) is 11.4 Å². The Morgan fingerprint density at radius 3 is 2.52 bits per heavy atom. The number of hydrogen-bond donors (Lipinski definition) is 3. The van der Waals surface area contributed by atoms with Gasteiger partial charge in [-0.1, -0.05) is 12.8 Å². The molecule has 0 atom stereocenters. The van der Waals surface area contributed by atoms with Crippen LogP contribution in [0, 0.1) is 17.1 Å². The van der Waals surface area contributed by atoms with Crippen LogP contribution >= 0.6 is 0 Å². The highest BCUT2D eigenvalue weighted by Crippen LogP contribution is 2.30. The van der Waals surface area contributed by atoms with E-state index in [1.165, 1.54) is 12.1 Å². The second kappa shape index (κ2) is 5.79. The van der Waals surface area contributed by atoms with Crippen molar-refractivity contribution >= 4 is 17.7 Å². The van der Waals surface area contributed by atoms with Gasteiger partial charge in [0.15, 0.2) is 0 Å². The molecule has 0 bridgehead atoms. The fourth-order valence-corrected chi connectivity index (χ4v) is 2.43. The van der Waals surface area contributed by atoms with Crippen molar-refractivity contribution in [2.24, 2.45) is 0 Å². The summed E-state index contributed by atoms with van der Waals surface area (Å²) in [5.41, 5.74) is -1.26. The summed E-state index contributed by atoms with van der Waals surface area (Å²) in [6.07, 6.45) is 2.15. The molecule has 0 saturated heterocycles. The van der Waals surface area contributed by atoms with Crippen molar-refractivity contribution in [3.63, 3.8) is 0 Å². The number of benzene rings is 1. The van der Waals surface area contributed by atoms with E-state index in [0.29, 0.717) is 12.8 Å². The van der Waals surface area contributed by atoms with Crippen LogP contribution in [-0.2, 0) is 4.79 Å². The van der Waals surface area contributed by atoms with Crippen LogP contribution in [0.5, 0.6) is 0 Å². The lowest BCUT2D eigenvalue weighted by Gasteiger charge is -2.25. The molecule has 1 saturated carbocycles. The summed E-state index contributed by atoms with van der Waals surface area (Å²) in [6, 6.07) is 4.63. The third kappa shape index (κ3) is 3.11. The molecule has 110 valence electrons. The van der Waals surface area contributed by atoms with Crippen molar-refractivity contribution in [3.05, 3.63) is 29.6 Å². The third-order valence-corrected chi connectivity index (χ3v) is 3.57. The number of carboxylic acid groups (broad SMARTS) is 1. The summed E-state index contributed by atoms with van der Waals surface area (Å²) < 4.78 is 13.7. The number of amides is 2. The SMILES string of the molecule is N#Cc1ccc(NC(=O)NC2(C(=O)O)CCCC2)c(F)c1. The van der Waals surface area contributed by atoms with E-state index in [2.05, 4.69) is 10.6 Å². The van der Waals surface area contributed by atoms with E-state index in [4.69, 9.17) is 5.26 Å². The van der Waals surface area contributed by atoms with Crippen molar-refractivity contribution in [2.75, 3.05) is 5.32 Å². The van der Waals surface area contributed by atoms with Crippen LogP contribution in [0.25, 0.3) is 0 Å². The smallest absolute Gasteiger partial charge is 0.329 e. The average molecular weight is 291 g/mol. The van der Waals surface area contributed by atoms with Crippen molar-refractivity contribution in [1.82, 2.24) is 5.32 Å². The summed E-state index contributed by atoms with van der Waals surface area (Å²) in [5, 5.41) is 22.6. The third-order valence-electron chi connectivity index (χ3n) is 3.57. The maximum atomic E-state index is 13.7. The van der Waals surface area contributed by atoms with Crippen LogP contribution in [0.1, 0.15) is 31.2 Å². The lowest BCUT2D eigenvalue weighted by molar-refractivity contribution is -0.144. The minimum absolute atomic E-state index is 0.106. The summed E-state index contributed by atoms with van der Waals surface area (Å²) in [7, 11) is 0. The van der Waals surface area contributed by atoms with Crippen molar-refractivity contribution < 1.29 is 19.1 Å². The Hall–Kier alpha value is -2.62. The monoisotopic (exact) mass is 291 g/mol. The largest absolute Gasteiger partial charge is 0.480 e. The quantitative estimate of drug-likeness (QED) is 0.794. The number of urea groups is 1.